The minimum atomic E-state index is -0.997. The van der Waals surface area contributed by atoms with E-state index in [0.29, 0.717) is 17.9 Å². The number of aliphatic hydroxyl groups is 1. The highest BCUT2D eigenvalue weighted by atomic mass is 35.5. The van der Waals surface area contributed by atoms with Crippen LogP contribution in [0.15, 0.2) is 43.2 Å². The smallest absolute Gasteiger partial charge is 0.253 e. The van der Waals surface area contributed by atoms with Crippen molar-refractivity contribution in [2.75, 3.05) is 0 Å². The number of rotatable bonds is 3. The second-order valence-corrected chi connectivity index (χ2v) is 7.85. The van der Waals surface area contributed by atoms with Crippen LogP contribution in [0.4, 0.5) is 4.39 Å². The SMILES string of the molecule is O=C(N[C@H]1[C@@H]2C[C@](O)(c3cc(Cl)cn4cncc34)C[C@@H]21)c1cncc(F)c1. The van der Waals surface area contributed by atoms with Crippen LogP contribution in [0.1, 0.15) is 28.8 Å². The Hall–Kier alpha value is -2.51. The van der Waals surface area contributed by atoms with E-state index in [1.54, 1.807) is 29.2 Å². The van der Waals surface area contributed by atoms with Crippen molar-refractivity contribution in [1.29, 1.82) is 0 Å². The Morgan fingerprint density at radius 2 is 2.04 bits per heavy atom. The molecule has 2 fully saturated rings. The molecule has 27 heavy (non-hydrogen) atoms. The van der Waals surface area contributed by atoms with Crippen molar-refractivity contribution in [3.05, 3.63) is 65.2 Å². The van der Waals surface area contributed by atoms with Gasteiger partial charge in [-0.1, -0.05) is 11.6 Å². The fraction of sp³-hybridized carbons (Fsp3) is 0.316. The molecule has 3 aromatic heterocycles. The number of hydrogen-bond acceptors (Lipinski definition) is 4. The van der Waals surface area contributed by atoms with Crippen molar-refractivity contribution in [1.82, 2.24) is 19.7 Å². The second-order valence-electron chi connectivity index (χ2n) is 7.42. The van der Waals surface area contributed by atoms with Crippen LogP contribution < -0.4 is 5.32 Å². The number of carbonyl (C=O) groups excluding carboxylic acids is 1. The van der Waals surface area contributed by atoms with Gasteiger partial charge in [0.2, 0.25) is 0 Å². The Bertz CT molecular complexity index is 1060. The molecule has 2 saturated carbocycles. The third kappa shape index (κ3) is 2.69. The first-order valence-electron chi connectivity index (χ1n) is 8.70. The molecule has 0 bridgehead atoms. The summed E-state index contributed by atoms with van der Waals surface area (Å²) in [6.07, 6.45) is 8.59. The third-order valence-electron chi connectivity index (χ3n) is 5.73. The number of hydrogen-bond donors (Lipinski definition) is 2. The lowest BCUT2D eigenvalue weighted by molar-refractivity contribution is 0.0289. The summed E-state index contributed by atoms with van der Waals surface area (Å²) in [5, 5.41) is 14.7. The monoisotopic (exact) mass is 386 g/mol. The van der Waals surface area contributed by atoms with Gasteiger partial charge in [-0.25, -0.2) is 9.37 Å². The van der Waals surface area contributed by atoms with Crippen LogP contribution in [-0.4, -0.2) is 31.4 Å². The van der Waals surface area contributed by atoms with Gasteiger partial charge in [0.05, 0.1) is 40.4 Å². The van der Waals surface area contributed by atoms with Gasteiger partial charge in [-0.3, -0.25) is 9.78 Å². The van der Waals surface area contributed by atoms with Crippen molar-refractivity contribution in [2.45, 2.75) is 24.5 Å². The molecule has 5 rings (SSSR count). The van der Waals surface area contributed by atoms with E-state index < -0.39 is 11.4 Å². The van der Waals surface area contributed by atoms with E-state index in [9.17, 15) is 14.3 Å². The van der Waals surface area contributed by atoms with Gasteiger partial charge in [0.25, 0.3) is 5.91 Å². The van der Waals surface area contributed by atoms with Gasteiger partial charge >= 0.3 is 0 Å². The van der Waals surface area contributed by atoms with Crippen molar-refractivity contribution >= 4 is 23.0 Å². The molecule has 0 aliphatic heterocycles. The van der Waals surface area contributed by atoms with E-state index in [1.165, 1.54) is 12.3 Å². The molecule has 2 aliphatic rings. The maximum absolute atomic E-state index is 13.2. The summed E-state index contributed by atoms with van der Waals surface area (Å²) in [6.45, 7) is 0. The third-order valence-corrected chi connectivity index (χ3v) is 5.94. The van der Waals surface area contributed by atoms with Crippen molar-refractivity contribution in [3.8, 4) is 0 Å². The summed E-state index contributed by atoms with van der Waals surface area (Å²) in [5.74, 6) is -0.519. The quantitative estimate of drug-likeness (QED) is 0.725. The van der Waals surface area contributed by atoms with Gasteiger partial charge in [-0.05, 0) is 36.8 Å². The van der Waals surface area contributed by atoms with Gasteiger partial charge in [0, 0.05) is 24.0 Å². The topological polar surface area (TPSA) is 79.5 Å². The van der Waals surface area contributed by atoms with Crippen LogP contribution in [0.3, 0.4) is 0 Å². The molecule has 138 valence electrons. The standard InChI is InChI=1S/C19H16ClFN4O2/c20-11-2-15(16-7-23-9-25(16)8-11)19(27)3-13-14(4-19)17(13)24-18(26)10-1-12(21)6-22-5-10/h1-2,5-9,13-14,17,27H,3-4H2,(H,24,26)/t13-,14+,17+,19-. The Kier molecular flexibility index (Phi) is 3.54. The lowest BCUT2D eigenvalue weighted by Gasteiger charge is -2.27. The van der Waals surface area contributed by atoms with Gasteiger partial charge in [-0.15, -0.1) is 0 Å². The van der Waals surface area contributed by atoms with Crippen LogP contribution in [0.5, 0.6) is 0 Å². The summed E-state index contributed by atoms with van der Waals surface area (Å²) >= 11 is 6.19. The fourth-order valence-electron chi connectivity index (χ4n) is 4.44. The fourth-order valence-corrected chi connectivity index (χ4v) is 4.65. The number of aromatic nitrogens is 3. The molecule has 3 heterocycles. The summed E-state index contributed by atoms with van der Waals surface area (Å²) in [5.41, 5.74) is 0.795. The van der Waals surface area contributed by atoms with E-state index in [0.717, 1.165) is 17.3 Å². The molecule has 0 radical (unpaired) electrons. The van der Waals surface area contributed by atoms with Gasteiger partial charge in [-0.2, -0.15) is 0 Å². The first kappa shape index (κ1) is 16.6. The summed E-state index contributed by atoms with van der Waals surface area (Å²) in [7, 11) is 0. The molecule has 8 heteroatoms. The summed E-state index contributed by atoms with van der Waals surface area (Å²) < 4.78 is 15.0. The first-order valence-corrected chi connectivity index (χ1v) is 9.08. The summed E-state index contributed by atoms with van der Waals surface area (Å²) in [6, 6.07) is 2.94. The maximum Gasteiger partial charge on any atom is 0.253 e. The summed E-state index contributed by atoms with van der Waals surface area (Å²) in [4.78, 5) is 20.1. The molecule has 3 aromatic rings. The molecule has 0 unspecified atom stereocenters. The Balaban J connectivity index is 1.33. The largest absolute Gasteiger partial charge is 0.385 e. The number of imidazole rings is 1. The highest BCUT2D eigenvalue weighted by molar-refractivity contribution is 6.30. The minimum absolute atomic E-state index is 0.0128. The average Bonchev–Trinajstić information content (AvgIpc) is 3.01. The van der Waals surface area contributed by atoms with E-state index in [2.05, 4.69) is 15.3 Å². The van der Waals surface area contributed by atoms with Crippen LogP contribution in [0.2, 0.25) is 5.02 Å². The number of pyridine rings is 2. The molecule has 0 aromatic carbocycles. The normalized spacial score (nSPS) is 28.9. The highest BCUT2D eigenvalue weighted by Gasteiger charge is 2.62. The predicted octanol–water partition coefficient (Wildman–Crippen LogP) is 2.55. The van der Waals surface area contributed by atoms with Crippen LogP contribution in [-0.2, 0) is 5.60 Å². The second kappa shape index (κ2) is 5.74. The minimum Gasteiger partial charge on any atom is -0.385 e. The Labute approximate surface area is 159 Å². The number of carbonyl (C=O) groups is 1. The molecule has 2 aliphatic carbocycles. The van der Waals surface area contributed by atoms with Gasteiger partial charge < -0.3 is 14.8 Å². The van der Waals surface area contributed by atoms with Crippen molar-refractivity contribution in [3.63, 3.8) is 0 Å². The Morgan fingerprint density at radius 1 is 1.26 bits per heavy atom. The average molecular weight is 387 g/mol. The van der Waals surface area contributed by atoms with Crippen LogP contribution in [0, 0.1) is 17.7 Å². The lowest BCUT2D eigenvalue weighted by atomic mass is 9.88. The van der Waals surface area contributed by atoms with Crippen molar-refractivity contribution in [2.24, 2.45) is 11.8 Å². The highest BCUT2D eigenvalue weighted by Crippen LogP contribution is 2.60. The maximum atomic E-state index is 13.2. The molecule has 2 N–H and O–H groups in total. The van der Waals surface area contributed by atoms with Gasteiger partial charge in [0.1, 0.15) is 5.82 Å². The van der Waals surface area contributed by atoms with E-state index >= 15 is 0 Å². The first-order chi connectivity index (χ1) is 12.9. The van der Waals surface area contributed by atoms with Gasteiger partial charge in [0.15, 0.2) is 0 Å². The molecule has 0 spiro atoms. The molecule has 1 amide bonds. The molecule has 0 saturated heterocycles. The molecule has 4 atom stereocenters. The van der Waals surface area contributed by atoms with Crippen molar-refractivity contribution < 1.29 is 14.3 Å². The number of fused-ring (bicyclic) bond motifs is 2. The van der Waals surface area contributed by atoms with Crippen LogP contribution in [0.25, 0.3) is 5.52 Å². The zero-order valence-corrected chi connectivity index (χ0v) is 14.9. The molecule has 6 nitrogen and oxygen atoms in total. The number of halogens is 2. The van der Waals surface area contributed by atoms with E-state index in [1.807, 2.05) is 0 Å². The molecular formula is C19H16ClFN4O2. The predicted molar refractivity (Wildman–Crippen MR) is 95.8 cm³/mol. The van der Waals surface area contributed by atoms with Crippen LogP contribution >= 0.6 is 11.6 Å². The number of amides is 1. The van der Waals surface area contributed by atoms with E-state index in [-0.39, 0.29) is 29.3 Å². The molecular weight excluding hydrogens is 371 g/mol. The Morgan fingerprint density at radius 3 is 2.78 bits per heavy atom. The number of nitrogens with zero attached hydrogens (tertiary/aromatic N) is 3. The lowest BCUT2D eigenvalue weighted by Crippen LogP contribution is -2.33. The zero-order valence-electron chi connectivity index (χ0n) is 14.1. The zero-order chi connectivity index (χ0) is 18.8. The number of nitrogens with one attached hydrogen (secondary N) is 1. The van der Waals surface area contributed by atoms with E-state index in [4.69, 9.17) is 11.6 Å².